The first-order chi connectivity index (χ1) is 14.6. The number of aryl methyl sites for hydroxylation is 1. The second-order valence-electron chi connectivity index (χ2n) is 6.72. The van der Waals surface area contributed by atoms with Crippen molar-refractivity contribution in [3.8, 4) is 5.75 Å². The lowest BCUT2D eigenvalue weighted by Crippen LogP contribution is -2.14. The van der Waals surface area contributed by atoms with Crippen molar-refractivity contribution in [2.24, 2.45) is 0 Å². The molecule has 0 radical (unpaired) electrons. The number of rotatable bonds is 5. The summed E-state index contributed by atoms with van der Waals surface area (Å²) < 4.78 is 8.21. The highest BCUT2D eigenvalue weighted by atomic mass is 32.2. The number of amides is 1. The van der Waals surface area contributed by atoms with E-state index in [0.29, 0.717) is 10.3 Å². The predicted molar refractivity (Wildman–Crippen MR) is 121 cm³/mol. The van der Waals surface area contributed by atoms with Gasteiger partial charge in [0, 0.05) is 0 Å². The molecule has 0 bridgehead atoms. The lowest BCUT2D eigenvalue weighted by molar-refractivity contribution is -0.113. The fourth-order valence-electron chi connectivity index (χ4n) is 3.32. The van der Waals surface area contributed by atoms with E-state index < -0.39 is 0 Å². The Hall–Kier alpha value is -3.17. The van der Waals surface area contributed by atoms with E-state index in [2.05, 4.69) is 32.6 Å². The SMILES string of the molecule is COc1ccc2nc(NC(=O)CSc3nnc4c(C)cc5ccccc5n34)sc2c1. The van der Waals surface area contributed by atoms with Crippen molar-refractivity contribution in [2.75, 3.05) is 18.2 Å². The maximum absolute atomic E-state index is 12.5. The molecule has 150 valence electrons. The summed E-state index contributed by atoms with van der Waals surface area (Å²) in [6.45, 7) is 2.01. The van der Waals surface area contributed by atoms with Gasteiger partial charge < -0.3 is 10.1 Å². The number of pyridine rings is 1. The van der Waals surface area contributed by atoms with Crippen LogP contribution in [0.1, 0.15) is 5.56 Å². The number of anilines is 1. The monoisotopic (exact) mass is 435 g/mol. The van der Waals surface area contributed by atoms with Crippen LogP contribution in [0, 0.1) is 6.92 Å². The van der Waals surface area contributed by atoms with E-state index in [9.17, 15) is 4.79 Å². The molecule has 3 heterocycles. The number of para-hydroxylation sites is 1. The summed E-state index contributed by atoms with van der Waals surface area (Å²) in [6.07, 6.45) is 0. The first kappa shape index (κ1) is 18.8. The van der Waals surface area contributed by atoms with Crippen LogP contribution in [0.25, 0.3) is 26.8 Å². The Morgan fingerprint density at radius 1 is 1.20 bits per heavy atom. The van der Waals surface area contributed by atoms with Crippen LogP contribution in [0.15, 0.2) is 53.7 Å². The number of nitrogens with zero attached hydrogens (tertiary/aromatic N) is 4. The smallest absolute Gasteiger partial charge is 0.236 e. The van der Waals surface area contributed by atoms with Crippen molar-refractivity contribution in [3.63, 3.8) is 0 Å². The van der Waals surface area contributed by atoms with Gasteiger partial charge >= 0.3 is 0 Å². The molecule has 0 aliphatic rings. The number of carbonyl (C=O) groups is 1. The van der Waals surface area contributed by atoms with Gasteiger partial charge in [-0.3, -0.25) is 9.20 Å². The third kappa shape index (κ3) is 3.35. The van der Waals surface area contributed by atoms with Crippen LogP contribution in [0.5, 0.6) is 5.75 Å². The number of thioether (sulfide) groups is 1. The van der Waals surface area contributed by atoms with Gasteiger partial charge in [-0.1, -0.05) is 41.3 Å². The standard InChI is InChI=1S/C21H17N5O2S2/c1-12-9-13-5-3-4-6-16(13)26-19(12)24-25-21(26)29-11-18(27)23-20-22-15-8-7-14(28-2)10-17(15)30-20/h3-10H,11H2,1-2H3,(H,22,23,27). The number of aromatic nitrogens is 4. The number of hydrogen-bond acceptors (Lipinski definition) is 7. The van der Waals surface area contributed by atoms with Gasteiger partial charge in [-0.2, -0.15) is 0 Å². The fourth-order valence-corrected chi connectivity index (χ4v) is 4.97. The molecule has 0 aliphatic carbocycles. The zero-order chi connectivity index (χ0) is 20.7. The van der Waals surface area contributed by atoms with Crippen LogP contribution < -0.4 is 10.1 Å². The van der Waals surface area contributed by atoms with Crippen LogP contribution in [0.4, 0.5) is 5.13 Å². The van der Waals surface area contributed by atoms with Crippen LogP contribution in [0.2, 0.25) is 0 Å². The lowest BCUT2D eigenvalue weighted by atomic mass is 10.1. The van der Waals surface area contributed by atoms with Crippen molar-refractivity contribution < 1.29 is 9.53 Å². The van der Waals surface area contributed by atoms with Gasteiger partial charge in [0.25, 0.3) is 0 Å². The summed E-state index contributed by atoms with van der Waals surface area (Å²) in [5.74, 6) is 0.836. The Kier molecular flexibility index (Phi) is 4.76. The highest BCUT2D eigenvalue weighted by Gasteiger charge is 2.15. The second-order valence-corrected chi connectivity index (χ2v) is 8.69. The molecule has 0 saturated heterocycles. The topological polar surface area (TPSA) is 81.4 Å². The van der Waals surface area contributed by atoms with Crippen molar-refractivity contribution >= 4 is 60.9 Å². The number of benzene rings is 2. The van der Waals surface area contributed by atoms with Crippen molar-refractivity contribution in [1.29, 1.82) is 0 Å². The molecule has 5 rings (SSSR count). The molecule has 0 saturated carbocycles. The van der Waals surface area contributed by atoms with Crippen molar-refractivity contribution in [3.05, 3.63) is 54.1 Å². The highest BCUT2D eigenvalue weighted by Crippen LogP contribution is 2.30. The van der Waals surface area contributed by atoms with Gasteiger partial charge in [-0.05, 0) is 48.2 Å². The molecule has 1 N–H and O–H groups in total. The summed E-state index contributed by atoms with van der Waals surface area (Å²) >= 11 is 2.77. The fraction of sp³-hybridized carbons (Fsp3) is 0.143. The minimum absolute atomic E-state index is 0.139. The Labute approximate surface area is 180 Å². The molecule has 2 aromatic carbocycles. The van der Waals surface area contributed by atoms with E-state index in [-0.39, 0.29) is 11.7 Å². The molecule has 0 spiro atoms. The normalized spacial score (nSPS) is 11.4. The summed E-state index contributed by atoms with van der Waals surface area (Å²) in [5.41, 5.74) is 3.69. The average molecular weight is 436 g/mol. The van der Waals surface area contributed by atoms with E-state index in [0.717, 1.165) is 38.1 Å². The number of carbonyl (C=O) groups excluding carboxylic acids is 1. The van der Waals surface area contributed by atoms with E-state index in [4.69, 9.17) is 4.74 Å². The molecule has 0 fully saturated rings. The first-order valence-corrected chi connectivity index (χ1v) is 11.0. The molecular weight excluding hydrogens is 418 g/mol. The van der Waals surface area contributed by atoms with Gasteiger partial charge in [0.1, 0.15) is 5.75 Å². The van der Waals surface area contributed by atoms with Crippen molar-refractivity contribution in [2.45, 2.75) is 12.1 Å². The Bertz CT molecular complexity index is 1410. The molecule has 3 aromatic heterocycles. The third-order valence-electron chi connectivity index (χ3n) is 4.71. The number of fused-ring (bicyclic) bond motifs is 4. The number of nitrogens with one attached hydrogen (secondary N) is 1. The minimum Gasteiger partial charge on any atom is -0.497 e. The zero-order valence-corrected chi connectivity index (χ0v) is 17.9. The summed E-state index contributed by atoms with van der Waals surface area (Å²) in [7, 11) is 1.63. The lowest BCUT2D eigenvalue weighted by Gasteiger charge is -2.06. The molecule has 5 aromatic rings. The molecule has 0 unspecified atom stereocenters. The molecule has 0 atom stereocenters. The number of ether oxygens (including phenoxy) is 1. The second kappa shape index (κ2) is 7.58. The molecule has 9 heteroatoms. The van der Waals surface area contributed by atoms with Crippen molar-refractivity contribution in [1.82, 2.24) is 19.6 Å². The van der Waals surface area contributed by atoms with E-state index in [1.54, 1.807) is 7.11 Å². The summed E-state index contributed by atoms with van der Waals surface area (Å²) in [5, 5.41) is 13.9. The Morgan fingerprint density at radius 3 is 2.93 bits per heavy atom. The number of thiazole rings is 1. The summed E-state index contributed by atoms with van der Waals surface area (Å²) in [6, 6.07) is 15.8. The Morgan fingerprint density at radius 2 is 2.07 bits per heavy atom. The zero-order valence-electron chi connectivity index (χ0n) is 16.2. The number of methoxy groups -OCH3 is 1. The first-order valence-electron chi connectivity index (χ1n) is 9.23. The maximum Gasteiger partial charge on any atom is 0.236 e. The number of hydrogen-bond donors (Lipinski definition) is 1. The average Bonchev–Trinajstić information content (AvgIpc) is 3.35. The van der Waals surface area contributed by atoms with Gasteiger partial charge in [0.2, 0.25) is 5.91 Å². The molecular formula is C21H17N5O2S2. The van der Waals surface area contributed by atoms with Gasteiger partial charge in [0.05, 0.1) is 28.6 Å². The highest BCUT2D eigenvalue weighted by molar-refractivity contribution is 7.99. The van der Waals surface area contributed by atoms with E-state index in [1.165, 1.54) is 23.1 Å². The molecule has 0 aliphatic heterocycles. The maximum atomic E-state index is 12.5. The van der Waals surface area contributed by atoms with E-state index in [1.807, 2.05) is 47.7 Å². The van der Waals surface area contributed by atoms with Crippen LogP contribution in [-0.4, -0.2) is 38.4 Å². The third-order valence-corrected chi connectivity index (χ3v) is 6.57. The van der Waals surface area contributed by atoms with Crippen LogP contribution in [0.3, 0.4) is 0 Å². The van der Waals surface area contributed by atoms with Crippen LogP contribution in [-0.2, 0) is 4.79 Å². The van der Waals surface area contributed by atoms with Gasteiger partial charge in [-0.15, -0.1) is 10.2 Å². The molecule has 7 nitrogen and oxygen atoms in total. The van der Waals surface area contributed by atoms with Crippen LogP contribution >= 0.6 is 23.1 Å². The largest absolute Gasteiger partial charge is 0.497 e. The predicted octanol–water partition coefficient (Wildman–Crippen LogP) is 4.54. The summed E-state index contributed by atoms with van der Waals surface area (Å²) in [4.78, 5) is 17.0. The quantitative estimate of drug-likeness (QED) is 0.408. The Balaban J connectivity index is 1.36. The van der Waals surface area contributed by atoms with Gasteiger partial charge in [0.15, 0.2) is 15.9 Å². The molecule has 1 amide bonds. The minimum atomic E-state index is -0.139. The van der Waals surface area contributed by atoms with E-state index >= 15 is 0 Å². The molecule has 30 heavy (non-hydrogen) atoms. The van der Waals surface area contributed by atoms with Gasteiger partial charge in [-0.25, -0.2) is 4.98 Å².